The van der Waals surface area contributed by atoms with E-state index in [1.807, 2.05) is 18.4 Å². The molecule has 14 heavy (non-hydrogen) atoms. The molecule has 0 fully saturated rings. The SMILES string of the molecule is CNC(CCc1cccs1)CN(C)C. The lowest BCUT2D eigenvalue weighted by molar-refractivity contribution is 0.338. The number of hydrogen-bond donors (Lipinski definition) is 1. The van der Waals surface area contributed by atoms with Crippen molar-refractivity contribution in [2.24, 2.45) is 0 Å². The number of likely N-dealkylation sites (N-methyl/N-ethyl adjacent to an activating group) is 2. The van der Waals surface area contributed by atoms with Crippen LogP contribution in [-0.4, -0.2) is 38.6 Å². The van der Waals surface area contributed by atoms with Crippen LogP contribution in [0.4, 0.5) is 0 Å². The summed E-state index contributed by atoms with van der Waals surface area (Å²) in [6.45, 7) is 1.11. The van der Waals surface area contributed by atoms with E-state index in [0.717, 1.165) is 6.54 Å². The van der Waals surface area contributed by atoms with E-state index in [4.69, 9.17) is 0 Å². The van der Waals surface area contributed by atoms with E-state index in [1.165, 1.54) is 17.7 Å². The van der Waals surface area contributed by atoms with Crippen molar-refractivity contribution in [3.63, 3.8) is 0 Å². The molecule has 1 aromatic rings. The van der Waals surface area contributed by atoms with Crippen LogP contribution in [-0.2, 0) is 6.42 Å². The van der Waals surface area contributed by atoms with Crippen molar-refractivity contribution in [1.29, 1.82) is 0 Å². The Kier molecular flexibility index (Phi) is 5.15. The fourth-order valence-corrected chi connectivity index (χ4v) is 2.26. The van der Waals surface area contributed by atoms with Gasteiger partial charge in [-0.2, -0.15) is 0 Å². The zero-order chi connectivity index (χ0) is 10.4. The van der Waals surface area contributed by atoms with Gasteiger partial charge in [0.1, 0.15) is 0 Å². The molecule has 1 heterocycles. The van der Waals surface area contributed by atoms with Gasteiger partial charge in [-0.25, -0.2) is 0 Å². The van der Waals surface area contributed by atoms with Gasteiger partial charge in [-0.05, 0) is 45.4 Å². The second-order valence-corrected chi connectivity index (χ2v) is 4.90. The third-order valence-corrected chi connectivity index (χ3v) is 3.25. The van der Waals surface area contributed by atoms with E-state index >= 15 is 0 Å². The van der Waals surface area contributed by atoms with Crippen LogP contribution in [0.5, 0.6) is 0 Å². The predicted molar refractivity (Wildman–Crippen MR) is 64.0 cm³/mol. The number of thiophene rings is 1. The zero-order valence-corrected chi connectivity index (χ0v) is 10.1. The fraction of sp³-hybridized carbons (Fsp3) is 0.636. The lowest BCUT2D eigenvalue weighted by Gasteiger charge is -2.20. The molecule has 0 bridgehead atoms. The second kappa shape index (κ2) is 6.17. The molecule has 0 aliphatic carbocycles. The highest BCUT2D eigenvalue weighted by Crippen LogP contribution is 2.12. The smallest absolute Gasteiger partial charge is 0.0195 e. The van der Waals surface area contributed by atoms with Crippen LogP contribution in [0.2, 0.25) is 0 Å². The molecular weight excluding hydrogens is 192 g/mol. The average Bonchev–Trinajstić information content (AvgIpc) is 2.64. The first-order valence-corrected chi connectivity index (χ1v) is 5.94. The fourth-order valence-electron chi connectivity index (χ4n) is 1.54. The monoisotopic (exact) mass is 212 g/mol. The molecule has 1 unspecified atom stereocenters. The van der Waals surface area contributed by atoms with Crippen molar-refractivity contribution in [3.8, 4) is 0 Å². The summed E-state index contributed by atoms with van der Waals surface area (Å²) in [6, 6.07) is 4.94. The molecular formula is C11H20N2S. The maximum absolute atomic E-state index is 3.36. The van der Waals surface area contributed by atoms with E-state index in [1.54, 1.807) is 0 Å². The Morgan fingerprint density at radius 2 is 2.29 bits per heavy atom. The van der Waals surface area contributed by atoms with Gasteiger partial charge in [0.25, 0.3) is 0 Å². The second-order valence-electron chi connectivity index (χ2n) is 3.87. The van der Waals surface area contributed by atoms with Crippen molar-refractivity contribution in [1.82, 2.24) is 10.2 Å². The number of hydrogen-bond acceptors (Lipinski definition) is 3. The van der Waals surface area contributed by atoms with Crippen LogP contribution >= 0.6 is 11.3 Å². The van der Waals surface area contributed by atoms with Gasteiger partial charge in [0.15, 0.2) is 0 Å². The van der Waals surface area contributed by atoms with Gasteiger partial charge in [0.2, 0.25) is 0 Å². The molecule has 0 aliphatic rings. The minimum absolute atomic E-state index is 0.604. The topological polar surface area (TPSA) is 15.3 Å². The molecule has 0 radical (unpaired) electrons. The molecule has 0 amide bonds. The summed E-state index contributed by atoms with van der Waals surface area (Å²) >= 11 is 1.85. The summed E-state index contributed by atoms with van der Waals surface area (Å²) in [5.41, 5.74) is 0. The first-order valence-electron chi connectivity index (χ1n) is 5.06. The number of nitrogens with zero attached hydrogens (tertiary/aromatic N) is 1. The van der Waals surface area contributed by atoms with Crippen LogP contribution < -0.4 is 5.32 Å². The van der Waals surface area contributed by atoms with Crippen LogP contribution in [0.25, 0.3) is 0 Å². The molecule has 0 spiro atoms. The van der Waals surface area contributed by atoms with Crippen molar-refractivity contribution in [2.75, 3.05) is 27.7 Å². The van der Waals surface area contributed by atoms with E-state index in [0.29, 0.717) is 6.04 Å². The molecule has 3 heteroatoms. The summed E-state index contributed by atoms with van der Waals surface area (Å²) in [5, 5.41) is 5.51. The van der Waals surface area contributed by atoms with Crippen LogP contribution in [0.3, 0.4) is 0 Å². The Morgan fingerprint density at radius 3 is 2.79 bits per heavy atom. The van der Waals surface area contributed by atoms with Gasteiger partial charge in [-0.1, -0.05) is 6.07 Å². The van der Waals surface area contributed by atoms with Crippen LogP contribution in [0.15, 0.2) is 17.5 Å². The summed E-state index contributed by atoms with van der Waals surface area (Å²) in [5.74, 6) is 0. The highest BCUT2D eigenvalue weighted by atomic mass is 32.1. The van der Waals surface area contributed by atoms with Gasteiger partial charge in [-0.3, -0.25) is 0 Å². The number of aryl methyl sites for hydroxylation is 1. The maximum Gasteiger partial charge on any atom is 0.0195 e. The minimum Gasteiger partial charge on any atom is -0.316 e. The van der Waals surface area contributed by atoms with E-state index < -0.39 is 0 Å². The molecule has 1 rings (SSSR count). The molecule has 80 valence electrons. The Labute approximate surface area is 90.9 Å². The highest BCUT2D eigenvalue weighted by Gasteiger charge is 2.07. The number of rotatable bonds is 6. The molecule has 0 aromatic carbocycles. The predicted octanol–water partition coefficient (Wildman–Crippen LogP) is 1.83. The van der Waals surface area contributed by atoms with Gasteiger partial charge >= 0.3 is 0 Å². The summed E-state index contributed by atoms with van der Waals surface area (Å²) < 4.78 is 0. The van der Waals surface area contributed by atoms with Gasteiger partial charge < -0.3 is 10.2 Å². The average molecular weight is 212 g/mol. The van der Waals surface area contributed by atoms with Crippen molar-refractivity contribution in [2.45, 2.75) is 18.9 Å². The first kappa shape index (κ1) is 11.7. The largest absolute Gasteiger partial charge is 0.316 e. The molecule has 2 nitrogen and oxygen atoms in total. The van der Waals surface area contributed by atoms with Crippen LogP contribution in [0.1, 0.15) is 11.3 Å². The third kappa shape index (κ3) is 4.22. The molecule has 0 saturated carbocycles. The highest BCUT2D eigenvalue weighted by molar-refractivity contribution is 7.09. The quantitative estimate of drug-likeness (QED) is 0.774. The molecule has 1 N–H and O–H groups in total. The minimum atomic E-state index is 0.604. The number of nitrogens with one attached hydrogen (secondary N) is 1. The Bertz CT molecular complexity index is 231. The lowest BCUT2D eigenvalue weighted by atomic mass is 10.1. The van der Waals surface area contributed by atoms with Crippen molar-refractivity contribution < 1.29 is 0 Å². The Hall–Kier alpha value is -0.380. The molecule has 0 aliphatic heterocycles. The molecule has 1 aromatic heterocycles. The van der Waals surface area contributed by atoms with Gasteiger partial charge in [-0.15, -0.1) is 11.3 Å². The molecule has 0 saturated heterocycles. The van der Waals surface area contributed by atoms with E-state index in [-0.39, 0.29) is 0 Å². The maximum atomic E-state index is 3.36. The van der Waals surface area contributed by atoms with Crippen LogP contribution in [0, 0.1) is 0 Å². The zero-order valence-electron chi connectivity index (χ0n) is 9.29. The van der Waals surface area contributed by atoms with Crippen molar-refractivity contribution in [3.05, 3.63) is 22.4 Å². The summed E-state index contributed by atoms with van der Waals surface area (Å²) in [4.78, 5) is 3.72. The molecule has 1 atom stereocenters. The summed E-state index contributed by atoms with van der Waals surface area (Å²) in [7, 11) is 6.29. The van der Waals surface area contributed by atoms with E-state index in [9.17, 15) is 0 Å². The van der Waals surface area contributed by atoms with Crippen molar-refractivity contribution >= 4 is 11.3 Å². The van der Waals surface area contributed by atoms with E-state index in [2.05, 4.69) is 41.8 Å². The summed E-state index contributed by atoms with van der Waals surface area (Å²) in [6.07, 6.45) is 2.41. The van der Waals surface area contributed by atoms with Gasteiger partial charge in [0.05, 0.1) is 0 Å². The standard InChI is InChI=1S/C11H20N2S/c1-12-10(9-13(2)3)6-7-11-5-4-8-14-11/h4-5,8,10,12H,6-7,9H2,1-3H3. The lowest BCUT2D eigenvalue weighted by Crippen LogP contribution is -2.36. The van der Waals surface area contributed by atoms with Gasteiger partial charge in [0, 0.05) is 17.5 Å². The first-order chi connectivity index (χ1) is 6.72. The Morgan fingerprint density at radius 1 is 1.50 bits per heavy atom. The normalized spacial score (nSPS) is 13.4. The Balaban J connectivity index is 2.27. The third-order valence-electron chi connectivity index (χ3n) is 2.31.